The Bertz CT molecular complexity index is 614. The molecule has 1 heterocycles. The van der Waals surface area contributed by atoms with E-state index in [0.717, 1.165) is 42.9 Å². The summed E-state index contributed by atoms with van der Waals surface area (Å²) in [7, 11) is 0. The van der Waals surface area contributed by atoms with Crippen LogP contribution in [0.25, 0.3) is 11.3 Å². The first-order chi connectivity index (χ1) is 12.8. The fourth-order valence-corrected chi connectivity index (χ4v) is 2.73. The Balaban J connectivity index is 1.87. The van der Waals surface area contributed by atoms with E-state index < -0.39 is 0 Å². The Labute approximate surface area is 158 Å². The SMILES string of the molecule is CCCCCCCCOc1ccccc1-c1ccc(OCCCC)nn1. The summed E-state index contributed by atoms with van der Waals surface area (Å²) >= 11 is 0. The summed E-state index contributed by atoms with van der Waals surface area (Å²) in [6.45, 7) is 5.81. The summed E-state index contributed by atoms with van der Waals surface area (Å²) in [4.78, 5) is 0. The van der Waals surface area contributed by atoms with Crippen molar-refractivity contribution in [3.8, 4) is 22.9 Å². The quantitative estimate of drug-likeness (QED) is 0.409. The average molecular weight is 357 g/mol. The van der Waals surface area contributed by atoms with E-state index in [9.17, 15) is 0 Å². The highest BCUT2D eigenvalue weighted by molar-refractivity contribution is 5.66. The number of benzene rings is 1. The molecule has 0 saturated carbocycles. The van der Waals surface area contributed by atoms with Crippen molar-refractivity contribution in [3.05, 3.63) is 36.4 Å². The van der Waals surface area contributed by atoms with E-state index in [0.29, 0.717) is 12.5 Å². The number of ether oxygens (including phenoxy) is 2. The lowest BCUT2D eigenvalue weighted by molar-refractivity contribution is 0.294. The minimum absolute atomic E-state index is 0.577. The minimum atomic E-state index is 0.577. The zero-order valence-corrected chi connectivity index (χ0v) is 16.2. The van der Waals surface area contributed by atoms with Gasteiger partial charge in [-0.1, -0.05) is 64.5 Å². The standard InChI is InChI=1S/C22H32N2O2/c1-3-5-7-8-9-12-18-25-21-14-11-10-13-19(21)20-15-16-22(24-23-20)26-17-6-4-2/h10-11,13-16H,3-9,12,17-18H2,1-2H3. The van der Waals surface area contributed by atoms with Gasteiger partial charge in [0, 0.05) is 11.6 Å². The number of hydrogen-bond donors (Lipinski definition) is 0. The van der Waals surface area contributed by atoms with E-state index in [1.807, 2.05) is 36.4 Å². The third-order valence-corrected chi connectivity index (χ3v) is 4.31. The van der Waals surface area contributed by atoms with Gasteiger partial charge < -0.3 is 9.47 Å². The lowest BCUT2D eigenvalue weighted by Gasteiger charge is -2.11. The predicted molar refractivity (Wildman–Crippen MR) is 107 cm³/mol. The molecule has 0 spiro atoms. The number of nitrogens with zero attached hydrogens (tertiary/aromatic N) is 2. The van der Waals surface area contributed by atoms with Crippen LogP contribution in [0.4, 0.5) is 0 Å². The second-order valence-electron chi connectivity index (χ2n) is 6.57. The average Bonchev–Trinajstić information content (AvgIpc) is 2.68. The maximum atomic E-state index is 6.01. The summed E-state index contributed by atoms with van der Waals surface area (Å²) in [5, 5.41) is 8.49. The Morgan fingerprint density at radius 1 is 0.692 bits per heavy atom. The van der Waals surface area contributed by atoms with Crippen LogP contribution < -0.4 is 9.47 Å². The molecule has 1 aromatic heterocycles. The van der Waals surface area contributed by atoms with Gasteiger partial charge in [0.1, 0.15) is 5.75 Å². The van der Waals surface area contributed by atoms with Crippen molar-refractivity contribution >= 4 is 0 Å². The lowest BCUT2D eigenvalue weighted by atomic mass is 10.1. The molecule has 0 aliphatic carbocycles. The summed E-state index contributed by atoms with van der Waals surface area (Å²) in [6.07, 6.45) is 9.69. The molecule has 0 aliphatic heterocycles. The van der Waals surface area contributed by atoms with Crippen LogP contribution in [0.1, 0.15) is 65.2 Å². The normalized spacial score (nSPS) is 10.7. The van der Waals surface area contributed by atoms with Gasteiger partial charge in [0.25, 0.3) is 0 Å². The Morgan fingerprint density at radius 2 is 1.42 bits per heavy atom. The van der Waals surface area contributed by atoms with Crippen LogP contribution in [0.3, 0.4) is 0 Å². The number of para-hydroxylation sites is 1. The summed E-state index contributed by atoms with van der Waals surface area (Å²) in [5.41, 5.74) is 1.79. The van der Waals surface area contributed by atoms with Crippen LogP contribution in [-0.4, -0.2) is 23.4 Å². The van der Waals surface area contributed by atoms with Crippen LogP contribution >= 0.6 is 0 Å². The second-order valence-corrected chi connectivity index (χ2v) is 6.57. The molecular weight excluding hydrogens is 324 g/mol. The van der Waals surface area contributed by atoms with Crippen molar-refractivity contribution in [3.63, 3.8) is 0 Å². The molecule has 1 aromatic carbocycles. The van der Waals surface area contributed by atoms with Gasteiger partial charge in [0.15, 0.2) is 0 Å². The van der Waals surface area contributed by atoms with Crippen molar-refractivity contribution in [2.45, 2.75) is 65.2 Å². The lowest BCUT2D eigenvalue weighted by Crippen LogP contribution is -2.01. The molecule has 0 unspecified atom stereocenters. The summed E-state index contributed by atoms with van der Waals surface area (Å²) < 4.78 is 11.6. The molecule has 0 fully saturated rings. The highest BCUT2D eigenvalue weighted by atomic mass is 16.5. The summed E-state index contributed by atoms with van der Waals surface area (Å²) in [6, 6.07) is 11.8. The fraction of sp³-hybridized carbons (Fsp3) is 0.545. The van der Waals surface area contributed by atoms with Crippen LogP contribution in [0.2, 0.25) is 0 Å². The van der Waals surface area contributed by atoms with Crippen molar-refractivity contribution in [1.82, 2.24) is 10.2 Å². The Kier molecular flexibility index (Phi) is 9.55. The Hall–Kier alpha value is -2.10. The van der Waals surface area contributed by atoms with Crippen LogP contribution in [0, 0.1) is 0 Å². The molecule has 0 bridgehead atoms. The predicted octanol–water partition coefficient (Wildman–Crippen LogP) is 6.06. The van der Waals surface area contributed by atoms with Gasteiger partial charge in [0.05, 0.1) is 18.9 Å². The molecule has 0 saturated heterocycles. The highest BCUT2D eigenvalue weighted by Crippen LogP contribution is 2.28. The van der Waals surface area contributed by atoms with E-state index in [-0.39, 0.29) is 0 Å². The van der Waals surface area contributed by atoms with Gasteiger partial charge in [-0.2, -0.15) is 0 Å². The first-order valence-corrected chi connectivity index (χ1v) is 10.0. The first-order valence-electron chi connectivity index (χ1n) is 10.0. The highest BCUT2D eigenvalue weighted by Gasteiger charge is 2.08. The number of rotatable bonds is 13. The monoisotopic (exact) mass is 356 g/mol. The molecule has 0 atom stereocenters. The zero-order chi connectivity index (χ0) is 18.5. The van der Waals surface area contributed by atoms with Crippen molar-refractivity contribution < 1.29 is 9.47 Å². The Morgan fingerprint density at radius 3 is 2.19 bits per heavy atom. The molecule has 0 amide bonds. The maximum absolute atomic E-state index is 6.01. The van der Waals surface area contributed by atoms with Crippen LogP contribution in [0.15, 0.2) is 36.4 Å². The van der Waals surface area contributed by atoms with Crippen LogP contribution in [-0.2, 0) is 0 Å². The second kappa shape index (κ2) is 12.3. The number of hydrogen-bond acceptors (Lipinski definition) is 4. The fourth-order valence-electron chi connectivity index (χ4n) is 2.73. The smallest absolute Gasteiger partial charge is 0.233 e. The molecule has 142 valence electrons. The molecule has 0 radical (unpaired) electrons. The van der Waals surface area contributed by atoms with Gasteiger partial charge in [-0.05, 0) is 31.0 Å². The van der Waals surface area contributed by atoms with Gasteiger partial charge in [0.2, 0.25) is 5.88 Å². The largest absolute Gasteiger partial charge is 0.493 e. The third-order valence-electron chi connectivity index (χ3n) is 4.31. The molecule has 4 nitrogen and oxygen atoms in total. The van der Waals surface area contributed by atoms with Crippen molar-refractivity contribution in [1.29, 1.82) is 0 Å². The van der Waals surface area contributed by atoms with Gasteiger partial charge >= 0.3 is 0 Å². The summed E-state index contributed by atoms with van der Waals surface area (Å²) in [5.74, 6) is 1.45. The van der Waals surface area contributed by atoms with Crippen LogP contribution in [0.5, 0.6) is 11.6 Å². The molecule has 0 N–H and O–H groups in total. The first kappa shape index (κ1) is 20.2. The topological polar surface area (TPSA) is 44.2 Å². The molecular formula is C22H32N2O2. The van der Waals surface area contributed by atoms with Crippen molar-refractivity contribution in [2.24, 2.45) is 0 Å². The van der Waals surface area contributed by atoms with Gasteiger partial charge in [-0.3, -0.25) is 0 Å². The minimum Gasteiger partial charge on any atom is -0.493 e. The third kappa shape index (κ3) is 7.03. The molecule has 2 aromatic rings. The number of unbranched alkanes of at least 4 members (excludes halogenated alkanes) is 6. The molecule has 2 rings (SSSR count). The maximum Gasteiger partial charge on any atom is 0.233 e. The van der Waals surface area contributed by atoms with E-state index >= 15 is 0 Å². The van der Waals surface area contributed by atoms with E-state index in [4.69, 9.17) is 9.47 Å². The molecule has 0 aliphatic rings. The zero-order valence-electron chi connectivity index (χ0n) is 16.2. The molecule has 4 heteroatoms. The van der Waals surface area contributed by atoms with E-state index in [2.05, 4.69) is 24.0 Å². The van der Waals surface area contributed by atoms with E-state index in [1.54, 1.807) is 0 Å². The number of aromatic nitrogens is 2. The van der Waals surface area contributed by atoms with E-state index in [1.165, 1.54) is 32.1 Å². The van der Waals surface area contributed by atoms with Crippen molar-refractivity contribution in [2.75, 3.05) is 13.2 Å². The molecule has 26 heavy (non-hydrogen) atoms. The van der Waals surface area contributed by atoms with Gasteiger partial charge in [-0.15, -0.1) is 10.2 Å². The van der Waals surface area contributed by atoms with Gasteiger partial charge in [-0.25, -0.2) is 0 Å².